The number of hydrogen-bond acceptors (Lipinski definition) is 4. The highest BCUT2D eigenvalue weighted by Crippen LogP contribution is 2.27. The second kappa shape index (κ2) is 3.66. The van der Waals surface area contributed by atoms with Crippen molar-refractivity contribution in [1.29, 1.82) is 10.5 Å². The molecule has 0 saturated heterocycles. The molecular formula is C8H3ClN2O2. The second-order valence-electron chi connectivity index (χ2n) is 2.17. The molecule has 1 rings (SSSR count). The average molecular weight is 195 g/mol. The number of aromatic hydroxyl groups is 1. The molecule has 0 amide bonds. The molecule has 0 heterocycles. The zero-order valence-corrected chi connectivity index (χ0v) is 7.04. The topological polar surface area (TPSA) is 77.0 Å². The zero-order chi connectivity index (χ0) is 9.84. The van der Waals surface area contributed by atoms with Crippen molar-refractivity contribution >= 4 is 11.9 Å². The first kappa shape index (κ1) is 9.18. The third-order valence-corrected chi connectivity index (χ3v) is 1.57. The molecule has 5 heteroatoms. The maximum absolute atomic E-state index is 9.08. The fraction of sp³-hybridized carbons (Fsp3) is 0. The van der Waals surface area contributed by atoms with Gasteiger partial charge in [-0.05, 0) is 6.07 Å². The smallest absolute Gasteiger partial charge is 0.169 e. The van der Waals surface area contributed by atoms with Crippen molar-refractivity contribution < 1.29 is 9.40 Å². The van der Waals surface area contributed by atoms with E-state index in [1.54, 1.807) is 12.1 Å². The van der Waals surface area contributed by atoms with Gasteiger partial charge >= 0.3 is 0 Å². The Morgan fingerprint density at radius 2 is 2.00 bits per heavy atom. The van der Waals surface area contributed by atoms with E-state index in [4.69, 9.17) is 27.5 Å². The Labute approximate surface area is 79.3 Å². The lowest BCUT2D eigenvalue weighted by atomic mass is 10.1. The van der Waals surface area contributed by atoms with E-state index < -0.39 is 0 Å². The van der Waals surface area contributed by atoms with Crippen LogP contribution in [0.4, 0.5) is 0 Å². The molecule has 64 valence electrons. The Bertz CT molecular complexity index is 417. The van der Waals surface area contributed by atoms with Crippen LogP contribution in [0.2, 0.25) is 0 Å². The molecule has 0 unspecified atom stereocenters. The molecule has 1 N–H and O–H groups in total. The van der Waals surface area contributed by atoms with Crippen LogP contribution in [0.1, 0.15) is 11.1 Å². The summed E-state index contributed by atoms with van der Waals surface area (Å²) in [5.41, 5.74) is 0.0356. The second-order valence-corrected chi connectivity index (χ2v) is 2.32. The van der Waals surface area contributed by atoms with Gasteiger partial charge in [0.2, 0.25) is 0 Å². The number of nitrogens with zero attached hydrogens (tertiary/aromatic N) is 2. The SMILES string of the molecule is N#Cc1cc(O)cc(OCl)c1C#N. The summed E-state index contributed by atoms with van der Waals surface area (Å²) in [5, 5.41) is 26.3. The summed E-state index contributed by atoms with van der Waals surface area (Å²) in [6.07, 6.45) is 0. The Morgan fingerprint density at radius 3 is 2.46 bits per heavy atom. The van der Waals surface area contributed by atoms with Crippen LogP contribution in [0.15, 0.2) is 12.1 Å². The number of hydrogen-bond donors (Lipinski definition) is 1. The first-order chi connectivity index (χ1) is 6.22. The maximum Gasteiger partial charge on any atom is 0.169 e. The van der Waals surface area contributed by atoms with Crippen LogP contribution in [-0.4, -0.2) is 5.11 Å². The van der Waals surface area contributed by atoms with Crippen LogP contribution < -0.4 is 4.29 Å². The lowest BCUT2D eigenvalue weighted by Crippen LogP contribution is -1.87. The van der Waals surface area contributed by atoms with Gasteiger partial charge in [0.1, 0.15) is 35.3 Å². The van der Waals surface area contributed by atoms with Crippen molar-refractivity contribution in [3.8, 4) is 23.6 Å². The third-order valence-electron chi connectivity index (χ3n) is 1.40. The van der Waals surface area contributed by atoms with Crippen molar-refractivity contribution in [2.75, 3.05) is 0 Å². The number of halogens is 1. The predicted molar refractivity (Wildman–Crippen MR) is 44.0 cm³/mol. The van der Waals surface area contributed by atoms with Gasteiger partial charge in [0.15, 0.2) is 5.75 Å². The van der Waals surface area contributed by atoms with E-state index in [1.807, 2.05) is 0 Å². The quantitative estimate of drug-likeness (QED) is 0.738. The molecule has 0 spiro atoms. The minimum absolute atomic E-state index is 0.00954. The standard InChI is InChI=1S/C8H3ClN2O2/c9-13-8-2-6(12)1-5(3-10)7(8)4-11/h1-2,12H. The Hall–Kier alpha value is -1.91. The number of benzene rings is 1. The van der Waals surface area contributed by atoms with Gasteiger partial charge in [0.25, 0.3) is 0 Å². The molecule has 4 nitrogen and oxygen atoms in total. The van der Waals surface area contributed by atoms with Crippen LogP contribution >= 0.6 is 11.9 Å². The van der Waals surface area contributed by atoms with Gasteiger partial charge in [0.05, 0.1) is 5.56 Å². The summed E-state index contributed by atoms with van der Waals surface area (Å²) < 4.78 is 4.30. The summed E-state index contributed by atoms with van der Waals surface area (Å²) in [4.78, 5) is 0. The summed E-state index contributed by atoms with van der Waals surface area (Å²) in [6, 6.07) is 5.81. The number of rotatable bonds is 1. The number of phenols is 1. The molecule has 0 fully saturated rings. The highest BCUT2D eigenvalue weighted by Gasteiger charge is 2.11. The van der Waals surface area contributed by atoms with Crippen molar-refractivity contribution in [2.45, 2.75) is 0 Å². The lowest BCUT2D eigenvalue weighted by Gasteiger charge is -2.01. The van der Waals surface area contributed by atoms with Crippen LogP contribution in [0.5, 0.6) is 11.5 Å². The molecule has 0 saturated carbocycles. The molecule has 0 aliphatic heterocycles. The van der Waals surface area contributed by atoms with E-state index in [0.717, 1.165) is 12.1 Å². The molecule has 1 aromatic rings. The van der Waals surface area contributed by atoms with Gasteiger partial charge in [0, 0.05) is 6.07 Å². The fourth-order valence-electron chi connectivity index (χ4n) is 0.865. The molecule has 0 bridgehead atoms. The highest BCUT2D eigenvalue weighted by atomic mass is 35.5. The van der Waals surface area contributed by atoms with E-state index >= 15 is 0 Å². The number of phenolic OH excluding ortho intramolecular Hbond substituents is 1. The van der Waals surface area contributed by atoms with Crippen molar-refractivity contribution in [1.82, 2.24) is 0 Å². The average Bonchev–Trinajstić information content (AvgIpc) is 2.16. The highest BCUT2D eigenvalue weighted by molar-refractivity contribution is 6.09. The molecule has 0 aliphatic rings. The van der Waals surface area contributed by atoms with Crippen LogP contribution in [0.25, 0.3) is 0 Å². The summed E-state index contributed by atoms with van der Waals surface area (Å²) >= 11 is 5.04. The van der Waals surface area contributed by atoms with Crippen LogP contribution in [-0.2, 0) is 0 Å². The van der Waals surface area contributed by atoms with E-state index in [9.17, 15) is 0 Å². The lowest BCUT2D eigenvalue weighted by molar-refractivity contribution is 0.471. The fourth-order valence-corrected chi connectivity index (χ4v) is 0.987. The molecule has 0 aromatic heterocycles. The van der Waals surface area contributed by atoms with Crippen LogP contribution in [0.3, 0.4) is 0 Å². The molecule has 0 radical (unpaired) electrons. The first-order valence-electron chi connectivity index (χ1n) is 3.18. The van der Waals surface area contributed by atoms with E-state index in [-0.39, 0.29) is 22.6 Å². The summed E-state index contributed by atoms with van der Waals surface area (Å²) in [7, 11) is 0. The maximum atomic E-state index is 9.08. The Morgan fingerprint density at radius 1 is 1.31 bits per heavy atom. The van der Waals surface area contributed by atoms with Gasteiger partial charge in [-0.25, -0.2) is 0 Å². The van der Waals surface area contributed by atoms with Gasteiger partial charge in [-0.2, -0.15) is 10.5 Å². The van der Waals surface area contributed by atoms with Crippen molar-refractivity contribution in [3.63, 3.8) is 0 Å². The molecule has 13 heavy (non-hydrogen) atoms. The van der Waals surface area contributed by atoms with Crippen LogP contribution in [0, 0.1) is 22.7 Å². The van der Waals surface area contributed by atoms with Gasteiger partial charge in [-0.1, -0.05) is 0 Å². The molecule has 0 aliphatic carbocycles. The molecule has 1 aromatic carbocycles. The van der Waals surface area contributed by atoms with Gasteiger partial charge in [-0.3, -0.25) is 0 Å². The Balaban J connectivity index is 3.47. The number of nitriles is 2. The minimum Gasteiger partial charge on any atom is -0.508 e. The monoisotopic (exact) mass is 194 g/mol. The third kappa shape index (κ3) is 1.64. The normalized spacial score (nSPS) is 8.54. The van der Waals surface area contributed by atoms with E-state index in [2.05, 4.69) is 4.29 Å². The van der Waals surface area contributed by atoms with E-state index in [0.29, 0.717) is 0 Å². The first-order valence-corrected chi connectivity index (χ1v) is 3.49. The zero-order valence-electron chi connectivity index (χ0n) is 6.28. The Kier molecular flexibility index (Phi) is 2.59. The minimum atomic E-state index is -0.175. The molecular weight excluding hydrogens is 192 g/mol. The van der Waals surface area contributed by atoms with Gasteiger partial charge < -0.3 is 9.40 Å². The largest absolute Gasteiger partial charge is 0.508 e. The molecule has 0 atom stereocenters. The summed E-state index contributed by atoms with van der Waals surface area (Å²) in [5.74, 6) is -0.202. The predicted octanol–water partition coefficient (Wildman–Crippen LogP) is 1.67. The van der Waals surface area contributed by atoms with Gasteiger partial charge in [-0.15, -0.1) is 0 Å². The summed E-state index contributed by atoms with van der Waals surface area (Å²) in [6.45, 7) is 0. The van der Waals surface area contributed by atoms with Crippen molar-refractivity contribution in [2.24, 2.45) is 0 Å². The van der Waals surface area contributed by atoms with E-state index in [1.165, 1.54) is 0 Å². The van der Waals surface area contributed by atoms with Crippen molar-refractivity contribution in [3.05, 3.63) is 23.3 Å².